The zero-order valence-electron chi connectivity index (χ0n) is 15.8. The number of guanidine groups is 1. The van der Waals surface area contributed by atoms with Crippen LogP contribution in [0.25, 0.3) is 0 Å². The first-order chi connectivity index (χ1) is 12.3. The van der Waals surface area contributed by atoms with E-state index >= 15 is 0 Å². The molecule has 146 valence electrons. The third-order valence-corrected chi connectivity index (χ3v) is 6.26. The van der Waals surface area contributed by atoms with Gasteiger partial charge < -0.3 is 19.9 Å². The van der Waals surface area contributed by atoms with Gasteiger partial charge in [-0.2, -0.15) is 11.8 Å². The molecule has 2 aliphatic heterocycles. The topological polar surface area (TPSA) is 40.1 Å². The number of aliphatic imine (C=N–C) groups is 1. The molecular formula is C19H31IN4OS. The lowest BCUT2D eigenvalue weighted by molar-refractivity contribution is 0.122. The van der Waals surface area contributed by atoms with Crippen molar-refractivity contribution in [2.75, 3.05) is 57.1 Å². The summed E-state index contributed by atoms with van der Waals surface area (Å²) in [5.41, 5.74) is 2.64. The standard InChI is InChI=1S/C19H30N4OS.HI/c1-3-17-15-23(10-13-25-17)19(20-2)21-14-16-6-4-5-7-18(16)22-8-11-24-12-9-22;/h4-7,17H,3,8-15H2,1-2H3,(H,20,21);1H. The van der Waals surface area contributed by atoms with Gasteiger partial charge in [0.1, 0.15) is 0 Å². The number of hydrogen-bond acceptors (Lipinski definition) is 4. The summed E-state index contributed by atoms with van der Waals surface area (Å²) in [5.74, 6) is 2.21. The van der Waals surface area contributed by atoms with Gasteiger partial charge in [0, 0.05) is 56.5 Å². The quantitative estimate of drug-likeness (QED) is 0.399. The molecule has 2 aliphatic rings. The molecular weight excluding hydrogens is 459 g/mol. The van der Waals surface area contributed by atoms with E-state index in [0.29, 0.717) is 5.25 Å². The zero-order valence-corrected chi connectivity index (χ0v) is 19.0. The Labute approximate surface area is 179 Å². The predicted molar refractivity (Wildman–Crippen MR) is 123 cm³/mol. The van der Waals surface area contributed by atoms with E-state index in [-0.39, 0.29) is 24.0 Å². The van der Waals surface area contributed by atoms with Crippen molar-refractivity contribution >= 4 is 47.4 Å². The fraction of sp³-hybridized carbons (Fsp3) is 0.632. The number of thioether (sulfide) groups is 1. The van der Waals surface area contributed by atoms with E-state index in [1.54, 1.807) is 0 Å². The van der Waals surface area contributed by atoms with Crippen molar-refractivity contribution in [3.05, 3.63) is 29.8 Å². The van der Waals surface area contributed by atoms with Crippen LogP contribution < -0.4 is 10.2 Å². The van der Waals surface area contributed by atoms with Gasteiger partial charge in [0.05, 0.1) is 13.2 Å². The first-order valence-corrected chi connectivity index (χ1v) is 10.3. The van der Waals surface area contributed by atoms with Gasteiger partial charge in [0.15, 0.2) is 5.96 Å². The summed E-state index contributed by atoms with van der Waals surface area (Å²) in [6.07, 6.45) is 1.22. The van der Waals surface area contributed by atoms with Crippen LogP contribution in [0.2, 0.25) is 0 Å². The largest absolute Gasteiger partial charge is 0.378 e. The molecule has 1 N–H and O–H groups in total. The summed E-state index contributed by atoms with van der Waals surface area (Å²) in [6.45, 7) is 8.80. The molecule has 2 heterocycles. The lowest BCUT2D eigenvalue weighted by Crippen LogP contribution is -2.47. The number of rotatable bonds is 4. The van der Waals surface area contributed by atoms with E-state index in [1.807, 2.05) is 7.05 Å². The minimum absolute atomic E-state index is 0. The van der Waals surface area contributed by atoms with Gasteiger partial charge in [0.2, 0.25) is 0 Å². The van der Waals surface area contributed by atoms with Gasteiger partial charge in [-0.3, -0.25) is 4.99 Å². The number of ether oxygens (including phenoxy) is 1. The fourth-order valence-corrected chi connectivity index (χ4v) is 4.62. The molecule has 0 radical (unpaired) electrons. The van der Waals surface area contributed by atoms with E-state index in [1.165, 1.54) is 23.4 Å². The van der Waals surface area contributed by atoms with Crippen molar-refractivity contribution in [1.82, 2.24) is 10.2 Å². The molecule has 5 nitrogen and oxygen atoms in total. The maximum atomic E-state index is 5.49. The van der Waals surface area contributed by atoms with Crippen LogP contribution in [0.3, 0.4) is 0 Å². The van der Waals surface area contributed by atoms with E-state index < -0.39 is 0 Å². The summed E-state index contributed by atoms with van der Waals surface area (Å²) in [4.78, 5) is 9.36. The van der Waals surface area contributed by atoms with E-state index in [0.717, 1.165) is 51.9 Å². The summed E-state index contributed by atoms with van der Waals surface area (Å²) < 4.78 is 5.49. The molecule has 7 heteroatoms. The van der Waals surface area contributed by atoms with Crippen LogP contribution in [0.15, 0.2) is 29.3 Å². The molecule has 1 unspecified atom stereocenters. The molecule has 0 aromatic heterocycles. The van der Waals surface area contributed by atoms with Crippen molar-refractivity contribution in [2.24, 2.45) is 4.99 Å². The van der Waals surface area contributed by atoms with Gasteiger partial charge in [0.25, 0.3) is 0 Å². The van der Waals surface area contributed by atoms with Gasteiger partial charge in [-0.1, -0.05) is 25.1 Å². The lowest BCUT2D eigenvalue weighted by Gasteiger charge is -2.35. The Kier molecular flexibility index (Phi) is 9.35. The molecule has 0 saturated carbocycles. The van der Waals surface area contributed by atoms with Crippen molar-refractivity contribution in [1.29, 1.82) is 0 Å². The Morgan fingerprint density at radius 2 is 2.04 bits per heavy atom. The molecule has 3 rings (SSSR count). The Hall–Kier alpha value is -0.670. The smallest absolute Gasteiger partial charge is 0.193 e. The van der Waals surface area contributed by atoms with E-state index in [4.69, 9.17) is 4.74 Å². The fourth-order valence-electron chi connectivity index (χ4n) is 3.44. The summed E-state index contributed by atoms with van der Waals surface area (Å²) in [5, 5.41) is 4.30. The average Bonchev–Trinajstić information content (AvgIpc) is 2.69. The number of para-hydroxylation sites is 1. The number of benzene rings is 1. The molecule has 1 atom stereocenters. The third kappa shape index (κ3) is 5.66. The van der Waals surface area contributed by atoms with Crippen molar-refractivity contribution < 1.29 is 4.74 Å². The highest BCUT2D eigenvalue weighted by Crippen LogP contribution is 2.23. The molecule has 26 heavy (non-hydrogen) atoms. The van der Waals surface area contributed by atoms with Gasteiger partial charge in [-0.15, -0.1) is 24.0 Å². The minimum atomic E-state index is 0. The second kappa shape index (κ2) is 11.2. The van der Waals surface area contributed by atoms with Crippen molar-refractivity contribution in [3.63, 3.8) is 0 Å². The molecule has 2 saturated heterocycles. The first-order valence-electron chi connectivity index (χ1n) is 9.29. The summed E-state index contributed by atoms with van der Waals surface area (Å²) in [7, 11) is 1.89. The van der Waals surface area contributed by atoms with E-state index in [9.17, 15) is 0 Å². The SMILES string of the molecule is CCC1CN(C(=NC)NCc2ccccc2N2CCOCC2)CCS1.I. The van der Waals surface area contributed by atoms with Gasteiger partial charge in [-0.05, 0) is 18.1 Å². The van der Waals surface area contributed by atoms with Crippen LogP contribution in [0.1, 0.15) is 18.9 Å². The van der Waals surface area contributed by atoms with Crippen LogP contribution in [0.5, 0.6) is 0 Å². The summed E-state index contributed by atoms with van der Waals surface area (Å²) >= 11 is 2.09. The molecule has 0 bridgehead atoms. The number of nitrogens with one attached hydrogen (secondary N) is 1. The van der Waals surface area contributed by atoms with Crippen LogP contribution >= 0.6 is 35.7 Å². The molecule has 1 aromatic carbocycles. The van der Waals surface area contributed by atoms with Crippen molar-refractivity contribution in [2.45, 2.75) is 25.1 Å². The maximum absolute atomic E-state index is 5.49. The number of anilines is 1. The molecule has 0 aliphatic carbocycles. The number of morpholine rings is 1. The van der Waals surface area contributed by atoms with E-state index in [2.05, 4.69) is 63.1 Å². The zero-order chi connectivity index (χ0) is 17.5. The van der Waals surface area contributed by atoms with Crippen LogP contribution in [0.4, 0.5) is 5.69 Å². The highest BCUT2D eigenvalue weighted by Gasteiger charge is 2.22. The molecule has 1 aromatic rings. The summed E-state index contributed by atoms with van der Waals surface area (Å²) in [6, 6.07) is 8.67. The Morgan fingerprint density at radius 1 is 1.27 bits per heavy atom. The Balaban J connectivity index is 0.00000243. The maximum Gasteiger partial charge on any atom is 0.193 e. The monoisotopic (exact) mass is 490 g/mol. The highest BCUT2D eigenvalue weighted by atomic mass is 127. The second-order valence-electron chi connectivity index (χ2n) is 6.48. The van der Waals surface area contributed by atoms with Crippen LogP contribution in [0, 0.1) is 0 Å². The van der Waals surface area contributed by atoms with Gasteiger partial charge >= 0.3 is 0 Å². The molecule has 2 fully saturated rings. The Bertz CT molecular complexity index is 580. The highest BCUT2D eigenvalue weighted by molar-refractivity contribution is 14.0. The second-order valence-corrected chi connectivity index (χ2v) is 7.88. The number of halogens is 1. The minimum Gasteiger partial charge on any atom is -0.378 e. The predicted octanol–water partition coefficient (Wildman–Crippen LogP) is 3.04. The van der Waals surface area contributed by atoms with Crippen LogP contribution in [-0.2, 0) is 11.3 Å². The Morgan fingerprint density at radius 3 is 2.77 bits per heavy atom. The molecule has 0 amide bonds. The van der Waals surface area contributed by atoms with Gasteiger partial charge in [-0.25, -0.2) is 0 Å². The normalized spacial score (nSPS) is 21.3. The number of nitrogens with zero attached hydrogens (tertiary/aromatic N) is 3. The van der Waals surface area contributed by atoms with Crippen molar-refractivity contribution in [3.8, 4) is 0 Å². The average molecular weight is 490 g/mol. The number of hydrogen-bond donors (Lipinski definition) is 1. The van der Waals surface area contributed by atoms with Crippen LogP contribution in [-0.4, -0.2) is 68.3 Å². The lowest BCUT2D eigenvalue weighted by atomic mass is 10.1. The third-order valence-electron chi connectivity index (χ3n) is 4.89. The molecule has 0 spiro atoms. The first kappa shape index (κ1) is 21.6.